The number of aliphatic hydroxyl groups is 1. The molecule has 0 spiro atoms. The molecule has 0 amide bonds. The quantitative estimate of drug-likeness (QED) is 0.326. The highest BCUT2D eigenvalue weighted by Gasteiger charge is 2.24. The number of halogens is 3. The first-order chi connectivity index (χ1) is 14.9. The maximum atomic E-state index is 14.6. The number of rotatable bonds is 6. The van der Waals surface area contributed by atoms with E-state index in [9.17, 15) is 18.3 Å². The minimum atomic E-state index is -1.08. The molecule has 1 unspecified atom stereocenters. The molecule has 1 atom stereocenters. The minimum absolute atomic E-state index is 0.0119. The molecule has 0 saturated heterocycles. The smallest absolute Gasteiger partial charge is 0.174 e. The molecule has 2 nitrogen and oxygen atoms in total. The van der Waals surface area contributed by atoms with Crippen molar-refractivity contribution in [1.82, 2.24) is 0 Å². The highest BCUT2D eigenvalue weighted by atomic mass is 19.2. The zero-order chi connectivity index (χ0) is 22.4. The molecule has 2 aromatic carbocycles. The molecule has 3 rings (SSSR count). The van der Waals surface area contributed by atoms with Crippen LogP contribution in [0.2, 0.25) is 0 Å². The fourth-order valence-electron chi connectivity index (χ4n) is 3.90. The van der Waals surface area contributed by atoms with Crippen LogP contribution in [0.4, 0.5) is 13.2 Å². The molecule has 1 N–H and O–H groups in total. The standard InChI is InChI=1S/C26H27F3O2/c1-3-4-15-31-21-12-14-23(24(27)16-21)19-8-5-18(6-9-19)7-10-20-11-13-22(17(2)30)26(29)25(20)28/h3,11-14,16-19,30H,1,4-6,8-9,15H2,2H3. The second kappa shape index (κ2) is 10.5. The Balaban J connectivity index is 1.61. The van der Waals surface area contributed by atoms with E-state index in [-0.39, 0.29) is 28.8 Å². The van der Waals surface area contributed by atoms with Gasteiger partial charge in [0.25, 0.3) is 0 Å². The van der Waals surface area contributed by atoms with Crippen molar-refractivity contribution in [2.75, 3.05) is 6.61 Å². The van der Waals surface area contributed by atoms with Gasteiger partial charge in [0, 0.05) is 17.5 Å². The van der Waals surface area contributed by atoms with Crippen LogP contribution < -0.4 is 4.74 Å². The molecule has 0 aliphatic heterocycles. The zero-order valence-electron chi connectivity index (χ0n) is 17.6. The highest BCUT2D eigenvalue weighted by Crippen LogP contribution is 2.37. The van der Waals surface area contributed by atoms with E-state index in [1.807, 2.05) is 0 Å². The van der Waals surface area contributed by atoms with Crippen LogP contribution in [0.25, 0.3) is 0 Å². The Hall–Kier alpha value is -2.71. The summed E-state index contributed by atoms with van der Waals surface area (Å²) in [6, 6.07) is 7.77. The average Bonchev–Trinajstić information content (AvgIpc) is 2.75. The van der Waals surface area contributed by atoms with Gasteiger partial charge in [-0.25, -0.2) is 13.2 Å². The molecule has 1 fully saturated rings. The third kappa shape index (κ3) is 5.71. The van der Waals surface area contributed by atoms with Gasteiger partial charge in [0.1, 0.15) is 11.6 Å². The van der Waals surface area contributed by atoms with E-state index in [4.69, 9.17) is 4.74 Å². The Kier molecular flexibility index (Phi) is 7.81. The zero-order valence-corrected chi connectivity index (χ0v) is 17.6. The van der Waals surface area contributed by atoms with Gasteiger partial charge in [-0.15, -0.1) is 6.58 Å². The van der Waals surface area contributed by atoms with Crippen molar-refractivity contribution < 1.29 is 23.0 Å². The summed E-state index contributed by atoms with van der Waals surface area (Å²) in [4.78, 5) is 0. The van der Waals surface area contributed by atoms with E-state index in [1.165, 1.54) is 25.1 Å². The van der Waals surface area contributed by atoms with Crippen molar-refractivity contribution in [3.63, 3.8) is 0 Å². The van der Waals surface area contributed by atoms with Crippen LogP contribution in [0.1, 0.15) is 67.7 Å². The largest absolute Gasteiger partial charge is 0.493 e. The second-order valence-corrected chi connectivity index (χ2v) is 7.93. The molecule has 2 aromatic rings. The Morgan fingerprint density at radius 1 is 1.13 bits per heavy atom. The SMILES string of the molecule is C=CCCOc1ccc(C2CCC(C#Cc3ccc(C(C)O)c(F)c3F)CC2)c(F)c1. The fraction of sp³-hybridized carbons (Fsp3) is 0.385. The van der Waals surface area contributed by atoms with Crippen molar-refractivity contribution in [1.29, 1.82) is 0 Å². The first-order valence-corrected chi connectivity index (χ1v) is 10.6. The lowest BCUT2D eigenvalue weighted by atomic mass is 9.78. The third-order valence-electron chi connectivity index (χ3n) is 5.70. The molecular weight excluding hydrogens is 401 g/mol. The van der Waals surface area contributed by atoms with Gasteiger partial charge in [0.2, 0.25) is 0 Å². The molecular formula is C26H27F3O2. The number of hydrogen-bond donors (Lipinski definition) is 1. The van der Waals surface area contributed by atoms with Gasteiger partial charge in [-0.05, 0) is 62.6 Å². The monoisotopic (exact) mass is 428 g/mol. The predicted octanol–water partition coefficient (Wildman–Crippen LogP) is 6.44. The van der Waals surface area contributed by atoms with Crippen LogP contribution in [-0.2, 0) is 0 Å². The molecule has 0 heterocycles. The van der Waals surface area contributed by atoms with Gasteiger partial charge in [0.05, 0.1) is 18.3 Å². The Morgan fingerprint density at radius 2 is 1.87 bits per heavy atom. The Bertz CT molecular complexity index is 980. The molecule has 164 valence electrons. The van der Waals surface area contributed by atoms with Crippen molar-refractivity contribution in [3.05, 3.63) is 77.1 Å². The van der Waals surface area contributed by atoms with Crippen molar-refractivity contribution in [2.45, 2.75) is 51.0 Å². The van der Waals surface area contributed by atoms with E-state index >= 15 is 0 Å². The van der Waals surface area contributed by atoms with Gasteiger partial charge >= 0.3 is 0 Å². The lowest BCUT2D eigenvalue weighted by molar-refractivity contribution is 0.192. The molecule has 0 aromatic heterocycles. The van der Waals surface area contributed by atoms with Crippen LogP contribution in [0.15, 0.2) is 43.0 Å². The van der Waals surface area contributed by atoms with Gasteiger partial charge in [-0.3, -0.25) is 0 Å². The van der Waals surface area contributed by atoms with Gasteiger partial charge in [-0.1, -0.05) is 30.0 Å². The van der Waals surface area contributed by atoms with Crippen molar-refractivity contribution in [2.24, 2.45) is 5.92 Å². The van der Waals surface area contributed by atoms with Crippen LogP contribution >= 0.6 is 0 Å². The Labute approximate surface area is 181 Å². The summed E-state index contributed by atoms with van der Waals surface area (Å²) in [5, 5.41) is 9.48. The van der Waals surface area contributed by atoms with E-state index in [0.29, 0.717) is 24.3 Å². The van der Waals surface area contributed by atoms with Crippen LogP contribution in [-0.4, -0.2) is 11.7 Å². The van der Waals surface area contributed by atoms with E-state index in [1.54, 1.807) is 18.2 Å². The van der Waals surface area contributed by atoms with Crippen molar-refractivity contribution in [3.8, 4) is 17.6 Å². The summed E-state index contributed by atoms with van der Waals surface area (Å²) in [6.45, 7) is 5.48. The summed E-state index contributed by atoms with van der Waals surface area (Å²) in [5.74, 6) is 4.11. The van der Waals surface area contributed by atoms with Crippen LogP contribution in [0.5, 0.6) is 5.75 Å². The molecule has 5 heteroatoms. The topological polar surface area (TPSA) is 29.5 Å². The minimum Gasteiger partial charge on any atom is -0.493 e. The molecule has 1 aliphatic carbocycles. The van der Waals surface area contributed by atoms with E-state index in [2.05, 4.69) is 18.4 Å². The Morgan fingerprint density at radius 3 is 2.52 bits per heavy atom. The van der Waals surface area contributed by atoms with Gasteiger partial charge in [0.15, 0.2) is 11.6 Å². The van der Waals surface area contributed by atoms with E-state index < -0.39 is 17.7 Å². The molecule has 31 heavy (non-hydrogen) atoms. The number of hydrogen-bond acceptors (Lipinski definition) is 2. The van der Waals surface area contributed by atoms with Crippen LogP contribution in [0, 0.1) is 35.2 Å². The molecule has 0 radical (unpaired) electrons. The first kappa shape index (κ1) is 23.0. The molecule has 1 aliphatic rings. The maximum Gasteiger partial charge on any atom is 0.174 e. The highest BCUT2D eigenvalue weighted by molar-refractivity contribution is 5.39. The molecule has 0 bridgehead atoms. The third-order valence-corrected chi connectivity index (χ3v) is 5.70. The summed E-state index contributed by atoms with van der Waals surface area (Å²) >= 11 is 0. The predicted molar refractivity (Wildman–Crippen MR) is 115 cm³/mol. The van der Waals surface area contributed by atoms with Gasteiger partial charge in [-0.2, -0.15) is 0 Å². The van der Waals surface area contributed by atoms with Gasteiger partial charge < -0.3 is 9.84 Å². The molecule has 1 saturated carbocycles. The average molecular weight is 428 g/mol. The van der Waals surface area contributed by atoms with E-state index in [0.717, 1.165) is 25.7 Å². The van der Waals surface area contributed by atoms with Crippen molar-refractivity contribution >= 4 is 0 Å². The normalized spacial score (nSPS) is 19.3. The number of benzene rings is 2. The number of aliphatic hydroxyl groups excluding tert-OH is 1. The van der Waals surface area contributed by atoms with Crippen LogP contribution in [0.3, 0.4) is 0 Å². The lowest BCUT2D eigenvalue weighted by Crippen LogP contribution is -2.13. The lowest BCUT2D eigenvalue weighted by Gasteiger charge is -2.26. The summed E-state index contributed by atoms with van der Waals surface area (Å²) in [5.41, 5.74) is 0.592. The summed E-state index contributed by atoms with van der Waals surface area (Å²) < 4.78 is 48.3. The summed E-state index contributed by atoms with van der Waals surface area (Å²) in [7, 11) is 0. The fourth-order valence-corrected chi connectivity index (χ4v) is 3.90. The number of ether oxygens (including phenoxy) is 1. The summed E-state index contributed by atoms with van der Waals surface area (Å²) in [6.07, 6.45) is 4.47. The first-order valence-electron chi connectivity index (χ1n) is 10.6. The maximum absolute atomic E-state index is 14.6. The second-order valence-electron chi connectivity index (χ2n) is 7.93.